The number of ether oxygens (including phenoxy) is 3. The maximum absolute atomic E-state index is 13.0. The molecule has 2 N–H and O–H groups in total. The van der Waals surface area contributed by atoms with Gasteiger partial charge in [0, 0.05) is 24.0 Å². The molecule has 4 rings (SSSR count). The summed E-state index contributed by atoms with van der Waals surface area (Å²) < 4.78 is 40.3. The van der Waals surface area contributed by atoms with E-state index in [-0.39, 0.29) is 22.9 Å². The first-order valence-corrected chi connectivity index (χ1v) is 8.68. The first kappa shape index (κ1) is 19.7. The number of pyridine rings is 1. The number of nitriles is 1. The Hall–Kier alpha value is -4.59. The van der Waals surface area contributed by atoms with Gasteiger partial charge in [-0.3, -0.25) is 5.32 Å². The molecule has 9 nitrogen and oxygen atoms in total. The molecule has 0 saturated carbocycles. The van der Waals surface area contributed by atoms with E-state index in [1.54, 1.807) is 30.3 Å². The number of aromatic nitrogens is 1. The standard InChI is InChI=1S/C20H12F2N4O5/c21-20(22)29-17-6-3-13(10-18(17)30-20)25-19(27)31-26-12-1-4-15(5-2-12)28-16-7-8-24-14(9-16)11-23/h1-10,26H,(H,25,27). The van der Waals surface area contributed by atoms with Crippen LogP contribution in [0.5, 0.6) is 23.0 Å². The number of fused-ring (bicyclic) bond motifs is 1. The largest absolute Gasteiger partial charge is 0.586 e. The van der Waals surface area contributed by atoms with Gasteiger partial charge in [-0.05, 0) is 42.5 Å². The molecule has 156 valence electrons. The molecule has 31 heavy (non-hydrogen) atoms. The van der Waals surface area contributed by atoms with Gasteiger partial charge in [-0.25, -0.2) is 15.3 Å². The highest BCUT2D eigenvalue weighted by molar-refractivity contribution is 5.85. The van der Waals surface area contributed by atoms with E-state index in [1.807, 2.05) is 6.07 Å². The van der Waals surface area contributed by atoms with Gasteiger partial charge in [0.05, 0.1) is 5.69 Å². The van der Waals surface area contributed by atoms with E-state index in [4.69, 9.17) is 14.8 Å². The van der Waals surface area contributed by atoms with Gasteiger partial charge in [0.1, 0.15) is 23.3 Å². The number of halogens is 2. The molecule has 0 unspecified atom stereocenters. The monoisotopic (exact) mass is 426 g/mol. The molecule has 2 aromatic carbocycles. The van der Waals surface area contributed by atoms with Crippen molar-refractivity contribution < 1.29 is 32.6 Å². The van der Waals surface area contributed by atoms with Crippen LogP contribution in [0.4, 0.5) is 25.0 Å². The molecule has 3 aromatic rings. The average Bonchev–Trinajstić information content (AvgIpc) is 3.06. The lowest BCUT2D eigenvalue weighted by Crippen LogP contribution is -2.25. The summed E-state index contributed by atoms with van der Waals surface area (Å²) in [6.45, 7) is 0. The fourth-order valence-electron chi connectivity index (χ4n) is 2.54. The number of carbonyl (C=O) groups excluding carboxylic acids is 1. The number of carbonyl (C=O) groups is 1. The lowest BCUT2D eigenvalue weighted by atomic mass is 10.3. The smallest absolute Gasteiger partial charge is 0.457 e. The lowest BCUT2D eigenvalue weighted by Gasteiger charge is -2.10. The summed E-state index contributed by atoms with van der Waals surface area (Å²) >= 11 is 0. The Kier molecular flexibility index (Phi) is 5.11. The first-order valence-electron chi connectivity index (χ1n) is 8.68. The van der Waals surface area contributed by atoms with Gasteiger partial charge < -0.3 is 19.0 Å². The summed E-state index contributed by atoms with van der Waals surface area (Å²) in [5, 5.41) is 11.2. The van der Waals surface area contributed by atoms with E-state index >= 15 is 0 Å². The maximum atomic E-state index is 13.0. The summed E-state index contributed by atoms with van der Waals surface area (Å²) in [5.41, 5.74) is 3.29. The Morgan fingerprint density at radius 2 is 1.74 bits per heavy atom. The lowest BCUT2D eigenvalue weighted by molar-refractivity contribution is -0.286. The highest BCUT2D eigenvalue weighted by Gasteiger charge is 2.43. The Labute approximate surface area is 173 Å². The average molecular weight is 426 g/mol. The number of amides is 1. The number of rotatable bonds is 5. The van der Waals surface area contributed by atoms with Crippen LogP contribution in [0.2, 0.25) is 0 Å². The van der Waals surface area contributed by atoms with Crippen molar-refractivity contribution in [2.45, 2.75) is 6.29 Å². The third-order valence-corrected chi connectivity index (χ3v) is 3.85. The molecule has 0 atom stereocenters. The summed E-state index contributed by atoms with van der Waals surface area (Å²) in [5.74, 6) is 0.592. The van der Waals surface area contributed by atoms with Crippen molar-refractivity contribution in [2.24, 2.45) is 0 Å². The Morgan fingerprint density at radius 1 is 1.00 bits per heavy atom. The minimum absolute atomic E-state index is 0.139. The van der Waals surface area contributed by atoms with Crippen LogP contribution in [0.3, 0.4) is 0 Å². The van der Waals surface area contributed by atoms with E-state index in [0.717, 1.165) is 0 Å². The van der Waals surface area contributed by atoms with Crippen molar-refractivity contribution in [3.8, 4) is 29.1 Å². The number of alkyl halides is 2. The zero-order chi connectivity index (χ0) is 21.8. The fraction of sp³-hybridized carbons (Fsp3) is 0.0500. The summed E-state index contributed by atoms with van der Waals surface area (Å²) in [6.07, 6.45) is -3.16. The fourth-order valence-corrected chi connectivity index (χ4v) is 2.54. The van der Waals surface area contributed by atoms with Crippen molar-refractivity contribution in [2.75, 3.05) is 10.8 Å². The molecule has 11 heteroatoms. The van der Waals surface area contributed by atoms with Crippen LogP contribution in [0, 0.1) is 11.3 Å². The molecular weight excluding hydrogens is 414 g/mol. The minimum atomic E-state index is -3.74. The summed E-state index contributed by atoms with van der Waals surface area (Å²) in [4.78, 5) is 20.6. The quantitative estimate of drug-likeness (QED) is 0.567. The van der Waals surface area contributed by atoms with Crippen LogP contribution in [0.25, 0.3) is 0 Å². The molecule has 0 saturated heterocycles. The Bertz CT molecular complexity index is 1160. The van der Waals surface area contributed by atoms with Crippen LogP contribution in [0.15, 0.2) is 60.8 Å². The summed E-state index contributed by atoms with van der Waals surface area (Å²) in [6, 6.07) is 15.2. The third-order valence-electron chi connectivity index (χ3n) is 3.85. The second-order valence-corrected chi connectivity index (χ2v) is 6.06. The predicted octanol–water partition coefficient (Wildman–Crippen LogP) is 4.64. The van der Waals surface area contributed by atoms with Crippen molar-refractivity contribution in [3.63, 3.8) is 0 Å². The van der Waals surface area contributed by atoms with Crippen molar-refractivity contribution in [1.82, 2.24) is 4.98 Å². The van der Waals surface area contributed by atoms with Crippen molar-refractivity contribution in [3.05, 3.63) is 66.5 Å². The zero-order valence-electron chi connectivity index (χ0n) is 15.5. The number of hydrogen-bond donors (Lipinski definition) is 2. The van der Waals surface area contributed by atoms with Crippen LogP contribution in [-0.2, 0) is 4.84 Å². The number of anilines is 2. The summed E-state index contributed by atoms with van der Waals surface area (Å²) in [7, 11) is 0. The molecular formula is C20H12F2N4O5. The number of nitrogens with zero attached hydrogens (tertiary/aromatic N) is 2. The van der Waals surface area contributed by atoms with E-state index in [2.05, 4.69) is 25.3 Å². The van der Waals surface area contributed by atoms with Crippen LogP contribution in [0.1, 0.15) is 5.69 Å². The van der Waals surface area contributed by atoms with Crippen LogP contribution < -0.4 is 25.0 Å². The maximum Gasteiger partial charge on any atom is 0.586 e. The molecule has 0 radical (unpaired) electrons. The van der Waals surface area contributed by atoms with Gasteiger partial charge in [0.2, 0.25) is 0 Å². The van der Waals surface area contributed by atoms with Gasteiger partial charge in [-0.1, -0.05) is 0 Å². The van der Waals surface area contributed by atoms with Crippen LogP contribution in [-0.4, -0.2) is 17.4 Å². The molecule has 1 aliphatic rings. The zero-order valence-corrected chi connectivity index (χ0v) is 15.5. The Morgan fingerprint density at radius 3 is 2.52 bits per heavy atom. The van der Waals surface area contributed by atoms with E-state index in [0.29, 0.717) is 17.2 Å². The van der Waals surface area contributed by atoms with Gasteiger partial charge in [0.15, 0.2) is 11.5 Å². The number of nitrogens with one attached hydrogen (secondary N) is 2. The molecule has 0 spiro atoms. The van der Waals surface area contributed by atoms with Crippen LogP contribution >= 0.6 is 0 Å². The van der Waals surface area contributed by atoms with Gasteiger partial charge in [-0.2, -0.15) is 5.26 Å². The normalized spacial score (nSPS) is 13.1. The third kappa shape index (κ3) is 4.88. The van der Waals surface area contributed by atoms with Gasteiger partial charge in [-0.15, -0.1) is 8.78 Å². The van der Waals surface area contributed by atoms with E-state index in [1.165, 1.54) is 30.5 Å². The number of hydrogen-bond acceptors (Lipinski definition) is 8. The van der Waals surface area contributed by atoms with E-state index < -0.39 is 12.4 Å². The molecule has 0 fully saturated rings. The second-order valence-electron chi connectivity index (χ2n) is 6.06. The molecule has 0 bridgehead atoms. The molecule has 2 heterocycles. The Balaban J connectivity index is 1.29. The SMILES string of the molecule is N#Cc1cc(Oc2ccc(NOC(=O)Nc3ccc4c(c3)OC(F)(F)O4)cc2)ccn1. The highest BCUT2D eigenvalue weighted by atomic mass is 19.3. The molecule has 1 amide bonds. The first-order chi connectivity index (χ1) is 14.9. The molecule has 0 aliphatic carbocycles. The second kappa shape index (κ2) is 8.03. The number of benzene rings is 2. The van der Waals surface area contributed by atoms with Gasteiger partial charge >= 0.3 is 12.4 Å². The molecule has 1 aromatic heterocycles. The van der Waals surface area contributed by atoms with E-state index in [9.17, 15) is 13.6 Å². The topological polar surface area (TPSA) is 115 Å². The van der Waals surface area contributed by atoms with Gasteiger partial charge in [0.25, 0.3) is 0 Å². The predicted molar refractivity (Wildman–Crippen MR) is 102 cm³/mol. The van der Waals surface area contributed by atoms with Crippen molar-refractivity contribution >= 4 is 17.5 Å². The molecule has 1 aliphatic heterocycles. The van der Waals surface area contributed by atoms with Crippen molar-refractivity contribution in [1.29, 1.82) is 5.26 Å². The minimum Gasteiger partial charge on any atom is -0.457 e. The highest BCUT2D eigenvalue weighted by Crippen LogP contribution is 2.42.